The van der Waals surface area contributed by atoms with Gasteiger partial charge in [0.15, 0.2) is 5.65 Å². The fourth-order valence-electron chi connectivity index (χ4n) is 1.86. The van der Waals surface area contributed by atoms with Gasteiger partial charge in [-0.05, 0) is 24.3 Å². The number of phenols is 1. The van der Waals surface area contributed by atoms with E-state index in [0.717, 1.165) is 11.6 Å². The monoisotopic (exact) mass is 258 g/mol. The zero-order valence-electron chi connectivity index (χ0n) is 10.1. The Bertz CT molecular complexity index is 753. The summed E-state index contributed by atoms with van der Waals surface area (Å²) in [5, 5.41) is 12.1. The molecule has 2 heterocycles. The van der Waals surface area contributed by atoms with Crippen LogP contribution in [0.3, 0.4) is 0 Å². The average molecular weight is 258 g/mol. The maximum atomic E-state index is 13.8. The minimum atomic E-state index is -0.534. The lowest BCUT2D eigenvalue weighted by molar-refractivity contribution is 0.469. The van der Waals surface area contributed by atoms with Crippen LogP contribution in [0.2, 0.25) is 0 Å². The molecular formula is C13H11FN4O. The third-order valence-corrected chi connectivity index (χ3v) is 2.81. The number of pyridine rings is 1. The molecule has 0 saturated heterocycles. The first-order valence-corrected chi connectivity index (χ1v) is 5.71. The van der Waals surface area contributed by atoms with Gasteiger partial charge in [0.25, 0.3) is 0 Å². The van der Waals surface area contributed by atoms with E-state index in [9.17, 15) is 9.50 Å². The van der Waals surface area contributed by atoms with Gasteiger partial charge < -0.3 is 15.4 Å². The number of nitrogens with zero attached hydrogens (tertiary/aromatic N) is 2. The zero-order chi connectivity index (χ0) is 13.4. The Morgan fingerprint density at radius 1 is 1.21 bits per heavy atom. The van der Waals surface area contributed by atoms with E-state index in [-0.39, 0.29) is 5.75 Å². The molecule has 0 amide bonds. The number of halogens is 1. The third kappa shape index (κ3) is 1.97. The number of rotatable bonds is 2. The highest BCUT2D eigenvalue weighted by atomic mass is 19.1. The maximum absolute atomic E-state index is 13.8. The number of aromatic nitrogens is 3. The van der Waals surface area contributed by atoms with E-state index >= 15 is 0 Å². The molecular weight excluding hydrogens is 247 g/mol. The zero-order valence-corrected chi connectivity index (χ0v) is 10.1. The molecule has 1 aromatic carbocycles. The quantitative estimate of drug-likeness (QED) is 0.660. The van der Waals surface area contributed by atoms with E-state index in [2.05, 4.69) is 20.3 Å². The van der Waals surface area contributed by atoms with E-state index in [1.54, 1.807) is 13.1 Å². The Hall–Kier alpha value is -2.63. The second kappa shape index (κ2) is 4.24. The summed E-state index contributed by atoms with van der Waals surface area (Å²) in [5.41, 5.74) is 1.53. The molecule has 3 N–H and O–H groups in total. The first-order valence-electron chi connectivity index (χ1n) is 5.71. The lowest BCUT2D eigenvalue weighted by Gasteiger charge is -1.99. The van der Waals surface area contributed by atoms with Gasteiger partial charge >= 0.3 is 0 Å². The molecule has 6 heteroatoms. The summed E-state index contributed by atoms with van der Waals surface area (Å²) in [7, 11) is 1.77. The predicted molar refractivity (Wildman–Crippen MR) is 70.5 cm³/mol. The number of H-pyrrole nitrogens is 1. The number of hydrogen-bond acceptors (Lipinski definition) is 4. The highest BCUT2D eigenvalue weighted by Crippen LogP contribution is 2.25. The van der Waals surface area contributed by atoms with Crippen molar-refractivity contribution in [2.75, 3.05) is 12.4 Å². The largest absolute Gasteiger partial charge is 0.508 e. The number of benzene rings is 1. The van der Waals surface area contributed by atoms with Crippen molar-refractivity contribution in [3.05, 3.63) is 36.1 Å². The molecule has 0 aliphatic rings. The second-order valence-corrected chi connectivity index (χ2v) is 4.07. The van der Waals surface area contributed by atoms with Crippen LogP contribution in [0.1, 0.15) is 0 Å². The minimum absolute atomic E-state index is 0.118. The van der Waals surface area contributed by atoms with E-state index in [4.69, 9.17) is 0 Å². The number of imidazole rings is 1. The fourth-order valence-corrected chi connectivity index (χ4v) is 1.86. The smallest absolute Gasteiger partial charge is 0.180 e. The van der Waals surface area contributed by atoms with Gasteiger partial charge in [-0.2, -0.15) is 0 Å². The van der Waals surface area contributed by atoms with Crippen molar-refractivity contribution in [1.29, 1.82) is 0 Å². The van der Waals surface area contributed by atoms with E-state index in [0.29, 0.717) is 22.9 Å². The number of hydrogen-bond donors (Lipinski definition) is 3. The van der Waals surface area contributed by atoms with Crippen LogP contribution in [0.5, 0.6) is 5.75 Å². The van der Waals surface area contributed by atoms with Crippen LogP contribution < -0.4 is 5.32 Å². The number of phenolic OH excluding ortho intramolecular Hbond substituents is 1. The van der Waals surface area contributed by atoms with Gasteiger partial charge in [-0.1, -0.05) is 0 Å². The Labute approximate surface area is 108 Å². The fraction of sp³-hybridized carbons (Fsp3) is 0.0769. The van der Waals surface area contributed by atoms with Gasteiger partial charge in [0.1, 0.15) is 23.2 Å². The van der Waals surface area contributed by atoms with Crippen molar-refractivity contribution < 1.29 is 9.50 Å². The van der Waals surface area contributed by atoms with Crippen LogP contribution >= 0.6 is 0 Å². The molecule has 0 bridgehead atoms. The van der Waals surface area contributed by atoms with Crippen LogP contribution in [0.25, 0.3) is 22.6 Å². The second-order valence-electron chi connectivity index (χ2n) is 4.07. The van der Waals surface area contributed by atoms with Crippen molar-refractivity contribution in [2.24, 2.45) is 0 Å². The molecule has 0 radical (unpaired) electrons. The van der Waals surface area contributed by atoms with Crippen LogP contribution in [0.15, 0.2) is 30.3 Å². The van der Waals surface area contributed by atoms with Gasteiger partial charge in [0, 0.05) is 13.1 Å². The first-order chi connectivity index (χ1) is 9.17. The molecule has 3 rings (SSSR count). The first kappa shape index (κ1) is 11.5. The lowest BCUT2D eigenvalue weighted by atomic mass is 10.2. The molecule has 0 spiro atoms. The van der Waals surface area contributed by atoms with Gasteiger partial charge in [-0.3, -0.25) is 0 Å². The number of anilines is 1. The summed E-state index contributed by atoms with van der Waals surface area (Å²) in [6, 6.07) is 7.56. The van der Waals surface area contributed by atoms with E-state index in [1.165, 1.54) is 12.1 Å². The number of fused-ring (bicyclic) bond motifs is 1. The summed E-state index contributed by atoms with van der Waals surface area (Å²) in [6.45, 7) is 0. The molecule has 5 nitrogen and oxygen atoms in total. The molecule has 3 aromatic rings. The Morgan fingerprint density at radius 2 is 2.05 bits per heavy atom. The molecule has 0 unspecified atom stereocenters. The number of aromatic hydroxyl groups is 1. The van der Waals surface area contributed by atoms with Crippen molar-refractivity contribution in [2.45, 2.75) is 0 Å². The third-order valence-electron chi connectivity index (χ3n) is 2.81. The summed E-state index contributed by atoms with van der Waals surface area (Å²) < 4.78 is 13.8. The molecule has 0 saturated carbocycles. The molecule has 19 heavy (non-hydrogen) atoms. The SMILES string of the molecule is CNc1ccc2[nH]c(-c3ccc(O)cc3F)nc2n1. The van der Waals surface area contributed by atoms with Crippen LogP contribution in [0.4, 0.5) is 10.2 Å². The Morgan fingerprint density at radius 3 is 2.79 bits per heavy atom. The summed E-state index contributed by atoms with van der Waals surface area (Å²) in [6.07, 6.45) is 0. The van der Waals surface area contributed by atoms with Crippen LogP contribution in [-0.2, 0) is 0 Å². The van der Waals surface area contributed by atoms with Crippen molar-refractivity contribution in [3.63, 3.8) is 0 Å². The summed E-state index contributed by atoms with van der Waals surface area (Å²) in [4.78, 5) is 11.5. The van der Waals surface area contributed by atoms with Gasteiger partial charge in [0.05, 0.1) is 11.1 Å². The Balaban J connectivity index is 2.14. The molecule has 2 aromatic heterocycles. The topological polar surface area (TPSA) is 73.8 Å². The van der Waals surface area contributed by atoms with Crippen molar-refractivity contribution >= 4 is 17.0 Å². The van der Waals surface area contributed by atoms with Crippen LogP contribution in [0, 0.1) is 5.82 Å². The van der Waals surface area contributed by atoms with Crippen molar-refractivity contribution in [3.8, 4) is 17.1 Å². The molecule has 0 aliphatic heterocycles. The standard InChI is InChI=1S/C13H11FN4O/c1-15-11-5-4-10-13(17-11)18-12(16-10)8-3-2-7(19)6-9(8)14/h2-6,19H,1H3,(H2,15,16,17,18). The lowest BCUT2D eigenvalue weighted by Crippen LogP contribution is -1.91. The van der Waals surface area contributed by atoms with Gasteiger partial charge in [-0.25, -0.2) is 14.4 Å². The predicted octanol–water partition coefficient (Wildman–Crippen LogP) is 2.51. The average Bonchev–Trinajstić information content (AvgIpc) is 2.80. The molecule has 0 fully saturated rings. The highest BCUT2D eigenvalue weighted by molar-refractivity contribution is 5.77. The Kier molecular flexibility index (Phi) is 2.56. The van der Waals surface area contributed by atoms with E-state index < -0.39 is 5.82 Å². The van der Waals surface area contributed by atoms with Gasteiger partial charge in [0.2, 0.25) is 0 Å². The molecule has 0 aliphatic carbocycles. The maximum Gasteiger partial charge on any atom is 0.180 e. The number of nitrogens with one attached hydrogen (secondary N) is 2. The summed E-state index contributed by atoms with van der Waals surface area (Å²) >= 11 is 0. The summed E-state index contributed by atoms with van der Waals surface area (Å²) in [5.74, 6) is 0.422. The van der Waals surface area contributed by atoms with Crippen LogP contribution in [-0.4, -0.2) is 27.1 Å². The van der Waals surface area contributed by atoms with Crippen molar-refractivity contribution in [1.82, 2.24) is 15.0 Å². The molecule has 0 atom stereocenters. The molecule has 96 valence electrons. The minimum Gasteiger partial charge on any atom is -0.508 e. The number of aromatic amines is 1. The highest BCUT2D eigenvalue weighted by Gasteiger charge is 2.11. The normalized spacial score (nSPS) is 10.8. The van der Waals surface area contributed by atoms with E-state index in [1.807, 2.05) is 6.07 Å². The van der Waals surface area contributed by atoms with Gasteiger partial charge in [-0.15, -0.1) is 0 Å².